The van der Waals surface area contributed by atoms with Crippen molar-refractivity contribution in [3.63, 3.8) is 0 Å². The molecule has 0 aliphatic carbocycles. The molecule has 0 fully saturated rings. The zero-order valence-corrected chi connectivity index (χ0v) is 13.9. The first kappa shape index (κ1) is 14.2. The van der Waals surface area contributed by atoms with Crippen molar-refractivity contribution in [2.45, 2.75) is 6.54 Å². The summed E-state index contributed by atoms with van der Waals surface area (Å²) in [5.74, 6) is 0. The minimum Gasteiger partial charge on any atom is -0.380 e. The van der Waals surface area contributed by atoms with E-state index in [-0.39, 0.29) is 0 Å². The van der Waals surface area contributed by atoms with E-state index in [1.165, 1.54) is 0 Å². The normalized spacial score (nSPS) is 10.4. The Morgan fingerprint density at radius 1 is 1.00 bits per heavy atom. The standard InChI is InChI=1S/C13H9Br2Cl2N/c14-9-1-3-11(15)13(6-9)18-7-8-5-10(16)2-4-12(8)17/h1-6,18H,7H2. The summed E-state index contributed by atoms with van der Waals surface area (Å²) < 4.78 is 2.02. The zero-order chi connectivity index (χ0) is 13.1. The Bertz CT molecular complexity index is 521. The smallest absolute Gasteiger partial charge is 0.0498 e. The first-order chi connectivity index (χ1) is 8.56. The van der Waals surface area contributed by atoms with Crippen LogP contribution in [0.25, 0.3) is 0 Å². The lowest BCUT2D eigenvalue weighted by Crippen LogP contribution is -2.00. The highest BCUT2D eigenvalue weighted by Gasteiger charge is 2.04. The minimum atomic E-state index is 0.619. The van der Waals surface area contributed by atoms with E-state index in [9.17, 15) is 0 Å². The lowest BCUT2D eigenvalue weighted by molar-refractivity contribution is 1.14. The van der Waals surface area contributed by atoms with Crippen LogP contribution in [0.15, 0.2) is 45.3 Å². The van der Waals surface area contributed by atoms with Crippen LogP contribution in [0.5, 0.6) is 0 Å². The molecule has 2 rings (SSSR count). The molecule has 0 saturated carbocycles. The third-order valence-corrected chi connectivity index (χ3v) is 4.19. The highest BCUT2D eigenvalue weighted by atomic mass is 79.9. The molecule has 0 atom stereocenters. The van der Waals surface area contributed by atoms with Gasteiger partial charge in [-0.15, -0.1) is 0 Å². The number of nitrogens with one attached hydrogen (secondary N) is 1. The van der Waals surface area contributed by atoms with Crippen LogP contribution in [0.3, 0.4) is 0 Å². The Balaban J connectivity index is 2.16. The van der Waals surface area contributed by atoms with Crippen LogP contribution in [0.4, 0.5) is 5.69 Å². The average molecular weight is 410 g/mol. The maximum Gasteiger partial charge on any atom is 0.0498 e. The first-order valence-corrected chi connectivity index (χ1v) is 7.53. The van der Waals surface area contributed by atoms with Gasteiger partial charge in [0.25, 0.3) is 0 Å². The van der Waals surface area contributed by atoms with Crippen molar-refractivity contribution in [1.82, 2.24) is 0 Å². The molecule has 0 aromatic heterocycles. The fraction of sp³-hybridized carbons (Fsp3) is 0.0769. The molecular weight excluding hydrogens is 401 g/mol. The van der Waals surface area contributed by atoms with Crippen molar-refractivity contribution >= 4 is 60.7 Å². The summed E-state index contributed by atoms with van der Waals surface area (Å²) in [6, 6.07) is 11.4. The monoisotopic (exact) mass is 407 g/mol. The second-order valence-electron chi connectivity index (χ2n) is 3.71. The van der Waals surface area contributed by atoms with Crippen LogP contribution in [-0.2, 0) is 6.54 Å². The van der Waals surface area contributed by atoms with Gasteiger partial charge in [0.1, 0.15) is 0 Å². The molecule has 0 radical (unpaired) electrons. The van der Waals surface area contributed by atoms with Gasteiger partial charge in [-0.3, -0.25) is 0 Å². The Morgan fingerprint density at radius 2 is 1.78 bits per heavy atom. The lowest BCUT2D eigenvalue weighted by Gasteiger charge is -2.10. The Kier molecular flexibility index (Phi) is 4.96. The van der Waals surface area contributed by atoms with E-state index in [0.717, 1.165) is 20.2 Å². The molecule has 1 nitrogen and oxygen atoms in total. The summed E-state index contributed by atoms with van der Waals surface area (Å²) in [6.45, 7) is 0.619. The summed E-state index contributed by atoms with van der Waals surface area (Å²) >= 11 is 19.0. The Morgan fingerprint density at radius 3 is 2.56 bits per heavy atom. The van der Waals surface area contributed by atoms with Gasteiger partial charge < -0.3 is 5.32 Å². The van der Waals surface area contributed by atoms with Crippen molar-refractivity contribution in [2.75, 3.05) is 5.32 Å². The van der Waals surface area contributed by atoms with Crippen molar-refractivity contribution in [3.8, 4) is 0 Å². The van der Waals surface area contributed by atoms with Gasteiger partial charge in [0, 0.05) is 31.2 Å². The predicted octanol–water partition coefficient (Wildman–Crippen LogP) is 6.13. The minimum absolute atomic E-state index is 0.619. The molecule has 2 aromatic rings. The molecule has 0 aliphatic rings. The third kappa shape index (κ3) is 3.64. The Hall–Kier alpha value is -0.220. The summed E-state index contributed by atoms with van der Waals surface area (Å²) in [7, 11) is 0. The zero-order valence-electron chi connectivity index (χ0n) is 9.18. The number of rotatable bonds is 3. The van der Waals surface area contributed by atoms with Crippen LogP contribution >= 0.6 is 55.1 Å². The topological polar surface area (TPSA) is 12.0 Å². The Labute approximate surface area is 133 Å². The van der Waals surface area contributed by atoms with Crippen LogP contribution in [-0.4, -0.2) is 0 Å². The summed E-state index contributed by atoms with van der Waals surface area (Å²) in [6.07, 6.45) is 0. The second kappa shape index (κ2) is 6.29. The van der Waals surface area contributed by atoms with E-state index in [1.807, 2.05) is 24.3 Å². The fourth-order valence-corrected chi connectivity index (χ4v) is 2.63. The molecular formula is C13H9Br2Cl2N. The van der Waals surface area contributed by atoms with Crippen molar-refractivity contribution in [3.05, 3.63) is 61.0 Å². The van der Waals surface area contributed by atoms with E-state index in [0.29, 0.717) is 16.6 Å². The summed E-state index contributed by atoms with van der Waals surface area (Å²) in [5.41, 5.74) is 1.97. The lowest BCUT2D eigenvalue weighted by atomic mass is 10.2. The second-order valence-corrected chi connectivity index (χ2v) is 6.33. The van der Waals surface area contributed by atoms with E-state index in [1.54, 1.807) is 12.1 Å². The van der Waals surface area contributed by atoms with Gasteiger partial charge in [-0.2, -0.15) is 0 Å². The fourth-order valence-electron chi connectivity index (χ4n) is 1.50. The molecule has 0 amide bonds. The third-order valence-electron chi connectivity index (χ3n) is 2.41. The molecule has 0 spiro atoms. The molecule has 0 bridgehead atoms. The molecule has 5 heteroatoms. The van der Waals surface area contributed by atoms with E-state index < -0.39 is 0 Å². The molecule has 1 N–H and O–H groups in total. The number of hydrogen-bond acceptors (Lipinski definition) is 1. The number of benzene rings is 2. The maximum atomic E-state index is 6.11. The molecule has 0 saturated heterocycles. The van der Waals surface area contributed by atoms with Gasteiger partial charge in [-0.25, -0.2) is 0 Å². The van der Waals surface area contributed by atoms with E-state index in [4.69, 9.17) is 23.2 Å². The average Bonchev–Trinajstić information content (AvgIpc) is 2.34. The van der Waals surface area contributed by atoms with Crippen LogP contribution in [0.1, 0.15) is 5.56 Å². The SMILES string of the molecule is Clc1ccc(Cl)c(CNc2cc(Br)ccc2Br)c1. The number of hydrogen-bond donors (Lipinski definition) is 1. The maximum absolute atomic E-state index is 6.11. The molecule has 2 aromatic carbocycles. The molecule has 18 heavy (non-hydrogen) atoms. The summed E-state index contributed by atoms with van der Waals surface area (Å²) in [5, 5.41) is 4.71. The largest absolute Gasteiger partial charge is 0.380 e. The number of anilines is 1. The molecule has 94 valence electrons. The van der Waals surface area contributed by atoms with Crippen molar-refractivity contribution in [1.29, 1.82) is 0 Å². The van der Waals surface area contributed by atoms with Gasteiger partial charge in [0.15, 0.2) is 0 Å². The van der Waals surface area contributed by atoms with Gasteiger partial charge in [0.05, 0.1) is 0 Å². The molecule has 0 aliphatic heterocycles. The van der Waals surface area contributed by atoms with Crippen LogP contribution in [0, 0.1) is 0 Å². The van der Waals surface area contributed by atoms with Gasteiger partial charge in [-0.1, -0.05) is 39.1 Å². The highest BCUT2D eigenvalue weighted by molar-refractivity contribution is 9.11. The van der Waals surface area contributed by atoms with Crippen LogP contribution in [0.2, 0.25) is 10.0 Å². The summed E-state index contributed by atoms with van der Waals surface area (Å²) in [4.78, 5) is 0. The van der Waals surface area contributed by atoms with Gasteiger partial charge in [0.2, 0.25) is 0 Å². The van der Waals surface area contributed by atoms with E-state index in [2.05, 4.69) is 37.2 Å². The molecule has 0 unspecified atom stereocenters. The van der Waals surface area contributed by atoms with E-state index >= 15 is 0 Å². The van der Waals surface area contributed by atoms with Crippen LogP contribution < -0.4 is 5.32 Å². The molecule has 0 heterocycles. The number of halogens is 4. The quantitative estimate of drug-likeness (QED) is 0.642. The van der Waals surface area contributed by atoms with Crippen molar-refractivity contribution in [2.24, 2.45) is 0 Å². The van der Waals surface area contributed by atoms with Crippen molar-refractivity contribution < 1.29 is 0 Å². The van der Waals surface area contributed by atoms with Gasteiger partial charge >= 0.3 is 0 Å². The van der Waals surface area contributed by atoms with Gasteiger partial charge in [-0.05, 0) is 57.9 Å². The first-order valence-electron chi connectivity index (χ1n) is 5.19. The highest BCUT2D eigenvalue weighted by Crippen LogP contribution is 2.28. The predicted molar refractivity (Wildman–Crippen MR) is 85.6 cm³/mol.